The van der Waals surface area contributed by atoms with Gasteiger partial charge in [0.05, 0.1) is 12.2 Å². The topological polar surface area (TPSA) is 77.2 Å². The second-order valence-electron chi connectivity index (χ2n) is 3.30. The zero-order valence-corrected chi connectivity index (χ0v) is 8.86. The number of nitrogens with zero attached hydrogens (tertiary/aromatic N) is 1. The Kier molecular flexibility index (Phi) is 4.05. The van der Waals surface area contributed by atoms with Crippen LogP contribution in [0.4, 0.5) is 5.82 Å². The lowest BCUT2D eigenvalue weighted by Gasteiger charge is -2.13. The molecule has 0 spiro atoms. The summed E-state index contributed by atoms with van der Waals surface area (Å²) in [6.45, 7) is 2.58. The van der Waals surface area contributed by atoms with Crippen molar-refractivity contribution in [3.63, 3.8) is 0 Å². The summed E-state index contributed by atoms with van der Waals surface area (Å²) >= 11 is 0. The lowest BCUT2D eigenvalue weighted by Crippen LogP contribution is -2.21. The smallest absolute Gasteiger partial charge is 0.250 e. The summed E-state index contributed by atoms with van der Waals surface area (Å²) in [6, 6.07) is 3.52. The van der Waals surface area contributed by atoms with Gasteiger partial charge in [-0.3, -0.25) is 4.79 Å². The fourth-order valence-electron chi connectivity index (χ4n) is 1.17. The first-order chi connectivity index (χ1) is 7.13. The van der Waals surface area contributed by atoms with E-state index in [1.54, 1.807) is 19.2 Å². The number of methoxy groups -OCH3 is 1. The van der Waals surface area contributed by atoms with Gasteiger partial charge in [0.1, 0.15) is 5.82 Å². The number of ether oxygens (including phenoxy) is 1. The molecule has 0 aliphatic heterocycles. The fourth-order valence-corrected chi connectivity index (χ4v) is 1.17. The van der Waals surface area contributed by atoms with Crippen LogP contribution in [0, 0.1) is 0 Å². The molecule has 1 heterocycles. The number of hydrogen-bond donors (Lipinski definition) is 2. The Morgan fingerprint density at radius 3 is 2.87 bits per heavy atom. The van der Waals surface area contributed by atoms with E-state index in [4.69, 9.17) is 10.5 Å². The standard InChI is InChI=1S/C10H15N3O2/c1-7(6-15-2)13-9-4-3-8(5-12-9)10(11)14/h3-5,7H,6H2,1-2H3,(H2,11,14)(H,12,13). The second-order valence-corrected chi connectivity index (χ2v) is 3.30. The van der Waals surface area contributed by atoms with Crippen LogP contribution in [0.2, 0.25) is 0 Å². The molecule has 3 N–H and O–H groups in total. The van der Waals surface area contributed by atoms with Crippen LogP contribution in [0.1, 0.15) is 17.3 Å². The van der Waals surface area contributed by atoms with Crippen LogP contribution >= 0.6 is 0 Å². The van der Waals surface area contributed by atoms with Crippen LogP contribution in [0.3, 0.4) is 0 Å². The fraction of sp³-hybridized carbons (Fsp3) is 0.400. The van der Waals surface area contributed by atoms with Gasteiger partial charge in [-0.2, -0.15) is 0 Å². The molecule has 0 aromatic carbocycles. The van der Waals surface area contributed by atoms with Crippen molar-refractivity contribution in [1.82, 2.24) is 4.98 Å². The Hall–Kier alpha value is -1.62. The van der Waals surface area contributed by atoms with E-state index in [0.717, 1.165) is 0 Å². The van der Waals surface area contributed by atoms with Crippen LogP contribution in [0.5, 0.6) is 0 Å². The van der Waals surface area contributed by atoms with E-state index in [9.17, 15) is 4.79 Å². The molecule has 5 heteroatoms. The number of primary amides is 1. The first-order valence-electron chi connectivity index (χ1n) is 4.65. The van der Waals surface area contributed by atoms with Gasteiger partial charge in [-0.15, -0.1) is 0 Å². The van der Waals surface area contributed by atoms with Gasteiger partial charge in [-0.05, 0) is 19.1 Å². The number of pyridine rings is 1. The molecule has 5 nitrogen and oxygen atoms in total. The first kappa shape index (κ1) is 11.5. The highest BCUT2D eigenvalue weighted by Crippen LogP contribution is 2.06. The van der Waals surface area contributed by atoms with E-state index in [2.05, 4.69) is 10.3 Å². The third-order valence-electron chi connectivity index (χ3n) is 1.86. The molecule has 0 radical (unpaired) electrons. The molecule has 1 aromatic rings. The molecular formula is C10H15N3O2. The highest BCUT2D eigenvalue weighted by atomic mass is 16.5. The molecule has 1 atom stereocenters. The molecule has 1 aromatic heterocycles. The molecule has 0 aliphatic rings. The van der Waals surface area contributed by atoms with Crippen LogP contribution in [0.15, 0.2) is 18.3 Å². The lowest BCUT2D eigenvalue weighted by atomic mass is 10.2. The molecule has 82 valence electrons. The summed E-state index contributed by atoms with van der Waals surface area (Å²) < 4.78 is 4.97. The Morgan fingerprint density at radius 1 is 1.67 bits per heavy atom. The lowest BCUT2D eigenvalue weighted by molar-refractivity contribution is 0.1000. The zero-order valence-electron chi connectivity index (χ0n) is 8.86. The van der Waals surface area contributed by atoms with E-state index in [1.807, 2.05) is 6.92 Å². The normalized spacial score (nSPS) is 12.1. The van der Waals surface area contributed by atoms with Gasteiger partial charge in [-0.25, -0.2) is 4.98 Å². The second kappa shape index (κ2) is 5.31. The third kappa shape index (κ3) is 3.55. The molecule has 0 fully saturated rings. The van der Waals surface area contributed by atoms with Gasteiger partial charge in [0.25, 0.3) is 0 Å². The summed E-state index contributed by atoms with van der Waals surface area (Å²) in [7, 11) is 1.64. The molecule has 1 unspecified atom stereocenters. The van der Waals surface area contributed by atoms with Gasteiger partial charge in [-0.1, -0.05) is 0 Å². The van der Waals surface area contributed by atoms with Crippen LogP contribution in [-0.4, -0.2) is 30.6 Å². The number of nitrogens with one attached hydrogen (secondary N) is 1. The Labute approximate surface area is 88.6 Å². The number of carbonyl (C=O) groups excluding carboxylic acids is 1. The van der Waals surface area contributed by atoms with E-state index >= 15 is 0 Å². The Balaban J connectivity index is 2.60. The molecule has 0 bridgehead atoms. The summed E-state index contributed by atoms with van der Waals surface area (Å²) in [4.78, 5) is 14.8. The van der Waals surface area contributed by atoms with Crippen LogP contribution < -0.4 is 11.1 Å². The van der Waals surface area contributed by atoms with Crippen molar-refractivity contribution in [2.75, 3.05) is 19.0 Å². The van der Waals surface area contributed by atoms with Crippen molar-refractivity contribution >= 4 is 11.7 Å². The minimum atomic E-state index is -0.473. The van der Waals surface area contributed by atoms with E-state index in [0.29, 0.717) is 18.0 Å². The molecule has 15 heavy (non-hydrogen) atoms. The van der Waals surface area contributed by atoms with Crippen LogP contribution in [0.25, 0.3) is 0 Å². The first-order valence-corrected chi connectivity index (χ1v) is 4.65. The van der Waals surface area contributed by atoms with Gasteiger partial charge in [0.2, 0.25) is 5.91 Å². The minimum absolute atomic E-state index is 0.168. The maximum Gasteiger partial charge on any atom is 0.250 e. The van der Waals surface area contributed by atoms with Gasteiger partial charge >= 0.3 is 0 Å². The zero-order chi connectivity index (χ0) is 11.3. The van der Waals surface area contributed by atoms with E-state index < -0.39 is 5.91 Å². The number of hydrogen-bond acceptors (Lipinski definition) is 4. The third-order valence-corrected chi connectivity index (χ3v) is 1.86. The predicted molar refractivity (Wildman–Crippen MR) is 57.7 cm³/mol. The average Bonchev–Trinajstić information content (AvgIpc) is 2.18. The van der Waals surface area contributed by atoms with Gasteiger partial charge in [0, 0.05) is 19.3 Å². The summed E-state index contributed by atoms with van der Waals surface area (Å²) in [5.74, 6) is 0.225. The van der Waals surface area contributed by atoms with Gasteiger partial charge in [0.15, 0.2) is 0 Å². The maximum absolute atomic E-state index is 10.8. The molecule has 0 aliphatic carbocycles. The van der Waals surface area contributed by atoms with Crippen molar-refractivity contribution in [3.05, 3.63) is 23.9 Å². The quantitative estimate of drug-likeness (QED) is 0.745. The molecule has 0 saturated carbocycles. The highest BCUT2D eigenvalue weighted by Gasteiger charge is 2.03. The molecular weight excluding hydrogens is 194 g/mol. The number of carbonyl (C=O) groups is 1. The Bertz CT molecular complexity index is 324. The van der Waals surface area contributed by atoms with Crippen LogP contribution in [-0.2, 0) is 4.74 Å². The van der Waals surface area contributed by atoms with Crippen molar-refractivity contribution in [3.8, 4) is 0 Å². The molecule has 1 amide bonds. The summed E-state index contributed by atoms with van der Waals surface area (Å²) in [5, 5.41) is 3.12. The number of rotatable bonds is 5. The van der Waals surface area contributed by atoms with E-state index in [1.165, 1.54) is 6.20 Å². The predicted octanol–water partition coefficient (Wildman–Crippen LogP) is 0.627. The number of anilines is 1. The van der Waals surface area contributed by atoms with Crippen molar-refractivity contribution in [2.45, 2.75) is 13.0 Å². The number of amides is 1. The largest absolute Gasteiger partial charge is 0.383 e. The SMILES string of the molecule is COCC(C)Nc1ccc(C(N)=O)cn1. The minimum Gasteiger partial charge on any atom is -0.383 e. The summed E-state index contributed by atoms with van der Waals surface area (Å²) in [5.41, 5.74) is 5.50. The Morgan fingerprint density at radius 2 is 2.40 bits per heavy atom. The van der Waals surface area contributed by atoms with E-state index in [-0.39, 0.29) is 6.04 Å². The highest BCUT2D eigenvalue weighted by molar-refractivity contribution is 5.92. The van der Waals surface area contributed by atoms with Crippen molar-refractivity contribution in [1.29, 1.82) is 0 Å². The average molecular weight is 209 g/mol. The maximum atomic E-state index is 10.8. The molecule has 1 rings (SSSR count). The summed E-state index contributed by atoms with van der Waals surface area (Å²) in [6.07, 6.45) is 1.45. The van der Waals surface area contributed by atoms with Crippen molar-refractivity contribution in [2.24, 2.45) is 5.73 Å². The number of nitrogens with two attached hydrogens (primary N) is 1. The van der Waals surface area contributed by atoms with Crippen molar-refractivity contribution < 1.29 is 9.53 Å². The monoisotopic (exact) mass is 209 g/mol. The molecule has 0 saturated heterocycles. The van der Waals surface area contributed by atoms with Gasteiger partial charge < -0.3 is 15.8 Å². The number of aromatic nitrogens is 1.